The highest BCUT2D eigenvalue weighted by Crippen LogP contribution is 2.41. The first kappa shape index (κ1) is 5.71. The van der Waals surface area contributed by atoms with Crippen LogP contribution in [0.1, 0.15) is 19.3 Å². The number of amides is 1. The van der Waals surface area contributed by atoms with E-state index in [9.17, 15) is 4.79 Å². The zero-order valence-electron chi connectivity index (χ0n) is 5.01. The molecular formula is C6H8BrNO. The van der Waals surface area contributed by atoms with Crippen LogP contribution in [0.15, 0.2) is 0 Å². The quantitative estimate of drug-likeness (QED) is 0.416. The molecule has 0 N–H and O–H groups in total. The van der Waals surface area contributed by atoms with Crippen LogP contribution in [0.5, 0.6) is 0 Å². The van der Waals surface area contributed by atoms with Crippen molar-refractivity contribution in [3.63, 3.8) is 0 Å². The molecule has 50 valence electrons. The Morgan fingerprint density at radius 1 is 1.56 bits per heavy atom. The minimum atomic E-state index is 0.289. The molecule has 0 radical (unpaired) electrons. The van der Waals surface area contributed by atoms with Gasteiger partial charge in [0.25, 0.3) is 0 Å². The maximum absolute atomic E-state index is 10.9. The van der Waals surface area contributed by atoms with Crippen molar-refractivity contribution in [3.8, 4) is 0 Å². The summed E-state index contributed by atoms with van der Waals surface area (Å²) in [7, 11) is 0. The van der Waals surface area contributed by atoms with E-state index in [0.717, 1.165) is 6.42 Å². The molecule has 1 amide bonds. The number of β-lactam (4-membered cyclic amide) rings is 1. The van der Waals surface area contributed by atoms with Crippen molar-refractivity contribution >= 4 is 22.1 Å². The van der Waals surface area contributed by atoms with Gasteiger partial charge in [-0.2, -0.15) is 0 Å². The van der Waals surface area contributed by atoms with Crippen LogP contribution in [0.25, 0.3) is 0 Å². The fraction of sp³-hybridized carbons (Fsp3) is 0.833. The van der Waals surface area contributed by atoms with Crippen LogP contribution in [0, 0.1) is 5.92 Å². The summed E-state index contributed by atoms with van der Waals surface area (Å²) < 4.78 is 1.70. The van der Waals surface area contributed by atoms with Crippen LogP contribution in [-0.4, -0.2) is 15.9 Å². The highest BCUT2D eigenvalue weighted by molar-refractivity contribution is 9.07. The molecule has 0 aromatic carbocycles. The van der Waals surface area contributed by atoms with Gasteiger partial charge in [-0.1, -0.05) is 6.42 Å². The molecule has 2 rings (SSSR count). The lowest BCUT2D eigenvalue weighted by Gasteiger charge is -2.38. The molecule has 2 fully saturated rings. The molecule has 0 aromatic heterocycles. The molecular weight excluding hydrogens is 182 g/mol. The summed E-state index contributed by atoms with van der Waals surface area (Å²) in [4.78, 5) is 10.9. The van der Waals surface area contributed by atoms with E-state index in [1.807, 2.05) is 0 Å². The third kappa shape index (κ3) is 0.584. The highest BCUT2D eigenvalue weighted by atomic mass is 79.9. The smallest absolute Gasteiger partial charge is 0.237 e. The normalized spacial score (nSPS) is 40.6. The molecule has 2 unspecified atom stereocenters. The molecule has 2 atom stereocenters. The van der Waals surface area contributed by atoms with Crippen molar-refractivity contribution in [2.24, 2.45) is 5.92 Å². The summed E-state index contributed by atoms with van der Waals surface area (Å²) in [5.41, 5.74) is 0. The van der Waals surface area contributed by atoms with Gasteiger partial charge in [0.2, 0.25) is 5.91 Å². The Hall–Kier alpha value is -0.0500. The second kappa shape index (κ2) is 1.72. The Balaban J connectivity index is 2.14. The van der Waals surface area contributed by atoms with Gasteiger partial charge in [0.05, 0.1) is 28.1 Å². The van der Waals surface area contributed by atoms with E-state index in [1.165, 1.54) is 12.8 Å². The minimum absolute atomic E-state index is 0.289. The predicted molar refractivity (Wildman–Crippen MR) is 36.9 cm³/mol. The molecule has 2 nitrogen and oxygen atoms in total. The summed E-state index contributed by atoms with van der Waals surface area (Å²) in [6.07, 6.45) is 3.54. The number of rotatable bonds is 0. The number of fused-ring (bicyclic) bond motifs is 1. The third-order valence-electron chi connectivity index (χ3n) is 2.30. The molecule has 0 spiro atoms. The second-order valence-electron chi connectivity index (χ2n) is 2.75. The van der Waals surface area contributed by atoms with E-state index in [0.29, 0.717) is 12.0 Å². The molecule has 1 saturated heterocycles. The Labute approximate surface area is 62.6 Å². The van der Waals surface area contributed by atoms with Crippen LogP contribution in [0.4, 0.5) is 0 Å². The van der Waals surface area contributed by atoms with Gasteiger partial charge in [-0.3, -0.25) is 8.72 Å². The first-order valence-electron chi connectivity index (χ1n) is 3.29. The van der Waals surface area contributed by atoms with Gasteiger partial charge in [0, 0.05) is 0 Å². The van der Waals surface area contributed by atoms with E-state index in [4.69, 9.17) is 0 Å². The molecule has 3 heteroatoms. The topological polar surface area (TPSA) is 20.3 Å². The Kier molecular flexibility index (Phi) is 1.09. The van der Waals surface area contributed by atoms with Gasteiger partial charge in [0.1, 0.15) is 0 Å². The molecule has 1 heterocycles. The van der Waals surface area contributed by atoms with E-state index >= 15 is 0 Å². The Bertz CT molecular complexity index is 159. The summed E-state index contributed by atoms with van der Waals surface area (Å²) in [5, 5.41) is 0. The summed E-state index contributed by atoms with van der Waals surface area (Å²) in [6, 6.07) is 0.539. The molecule has 1 aliphatic heterocycles. The first-order valence-corrected chi connectivity index (χ1v) is 4.00. The molecule has 1 aliphatic carbocycles. The van der Waals surface area contributed by atoms with Crippen LogP contribution < -0.4 is 0 Å². The maximum Gasteiger partial charge on any atom is 0.237 e. The van der Waals surface area contributed by atoms with E-state index < -0.39 is 0 Å². The van der Waals surface area contributed by atoms with Gasteiger partial charge in [-0.15, -0.1) is 0 Å². The van der Waals surface area contributed by atoms with Gasteiger partial charge >= 0.3 is 0 Å². The van der Waals surface area contributed by atoms with Gasteiger partial charge < -0.3 is 0 Å². The molecule has 0 bridgehead atoms. The van der Waals surface area contributed by atoms with Gasteiger partial charge in [-0.05, 0) is 12.8 Å². The zero-order chi connectivity index (χ0) is 6.43. The van der Waals surface area contributed by atoms with Crippen LogP contribution >= 0.6 is 16.1 Å². The lowest BCUT2D eigenvalue weighted by atomic mass is 9.95. The van der Waals surface area contributed by atoms with Crippen LogP contribution in [-0.2, 0) is 4.79 Å². The second-order valence-corrected chi connectivity index (χ2v) is 3.52. The Morgan fingerprint density at radius 2 is 2.33 bits per heavy atom. The molecule has 0 aromatic rings. The van der Waals surface area contributed by atoms with Crippen molar-refractivity contribution in [3.05, 3.63) is 0 Å². The first-order chi connectivity index (χ1) is 4.30. The third-order valence-corrected chi connectivity index (χ3v) is 3.17. The lowest BCUT2D eigenvalue weighted by molar-refractivity contribution is -0.142. The van der Waals surface area contributed by atoms with Crippen LogP contribution in [0.2, 0.25) is 0 Å². The van der Waals surface area contributed by atoms with Gasteiger partial charge in [0.15, 0.2) is 0 Å². The SMILES string of the molecule is O=C1C2CCCC2N1Br. The average Bonchev–Trinajstić information content (AvgIpc) is 2.30. The standard InChI is InChI=1S/C6H8BrNO/c7-8-5-3-1-2-4(5)6(8)9/h4-5H,1-3H2. The fourth-order valence-corrected chi connectivity index (χ4v) is 2.49. The van der Waals surface area contributed by atoms with Crippen molar-refractivity contribution < 1.29 is 4.79 Å². The van der Waals surface area contributed by atoms with E-state index in [2.05, 4.69) is 16.1 Å². The molecule has 1 saturated carbocycles. The number of hydrogen-bond donors (Lipinski definition) is 0. The van der Waals surface area contributed by atoms with Crippen LogP contribution in [0.3, 0.4) is 0 Å². The van der Waals surface area contributed by atoms with Crippen molar-refractivity contribution in [2.45, 2.75) is 25.3 Å². The van der Waals surface area contributed by atoms with E-state index in [-0.39, 0.29) is 5.91 Å². The Morgan fingerprint density at radius 3 is 3.00 bits per heavy atom. The fourth-order valence-electron chi connectivity index (χ4n) is 1.74. The number of carbonyl (C=O) groups is 1. The maximum atomic E-state index is 10.9. The number of carbonyl (C=O) groups excluding carboxylic acids is 1. The number of halogens is 1. The van der Waals surface area contributed by atoms with Crippen molar-refractivity contribution in [1.82, 2.24) is 3.93 Å². The number of hydrogen-bond acceptors (Lipinski definition) is 1. The average molecular weight is 190 g/mol. The molecule has 9 heavy (non-hydrogen) atoms. The summed E-state index contributed by atoms with van der Waals surface area (Å²) in [5.74, 6) is 0.668. The summed E-state index contributed by atoms with van der Waals surface area (Å²) in [6.45, 7) is 0. The van der Waals surface area contributed by atoms with Crippen molar-refractivity contribution in [1.29, 1.82) is 0 Å². The largest absolute Gasteiger partial charge is 0.275 e. The zero-order valence-corrected chi connectivity index (χ0v) is 6.60. The lowest BCUT2D eigenvalue weighted by Crippen LogP contribution is -2.52. The summed E-state index contributed by atoms with van der Waals surface area (Å²) >= 11 is 3.22. The number of nitrogens with zero attached hydrogens (tertiary/aromatic N) is 1. The molecule has 2 aliphatic rings. The highest BCUT2D eigenvalue weighted by Gasteiger charge is 2.48. The minimum Gasteiger partial charge on any atom is -0.275 e. The van der Waals surface area contributed by atoms with Gasteiger partial charge in [-0.25, -0.2) is 0 Å². The monoisotopic (exact) mass is 189 g/mol. The van der Waals surface area contributed by atoms with Crippen molar-refractivity contribution in [2.75, 3.05) is 0 Å². The predicted octanol–water partition coefficient (Wildman–Crippen LogP) is 1.31. The van der Waals surface area contributed by atoms with E-state index in [1.54, 1.807) is 3.93 Å².